The lowest BCUT2D eigenvalue weighted by Gasteiger charge is -2.06. The molecule has 2 nitrogen and oxygen atoms in total. The Hall–Kier alpha value is -1.57. The highest BCUT2D eigenvalue weighted by atomic mass is 32.2. The Labute approximate surface area is 114 Å². The van der Waals surface area contributed by atoms with E-state index < -0.39 is 5.92 Å². The summed E-state index contributed by atoms with van der Waals surface area (Å²) >= 11 is 3.07. The fourth-order valence-corrected chi connectivity index (χ4v) is 2.80. The first-order chi connectivity index (χ1) is 8.76. The lowest BCUT2D eigenvalue weighted by molar-refractivity contribution is 0.0980. The van der Waals surface area contributed by atoms with Gasteiger partial charge in [-0.25, -0.2) is 0 Å². The maximum atomic E-state index is 12.3. The van der Waals surface area contributed by atoms with Gasteiger partial charge in [0.1, 0.15) is 5.92 Å². The molecule has 0 saturated carbocycles. The van der Waals surface area contributed by atoms with Crippen LogP contribution in [0.1, 0.15) is 21.2 Å². The van der Waals surface area contributed by atoms with Gasteiger partial charge in [0.15, 0.2) is 5.78 Å². The largest absolute Gasteiger partial charge is 0.292 e. The molecule has 1 atom stereocenters. The second kappa shape index (κ2) is 5.85. The van der Waals surface area contributed by atoms with Crippen LogP contribution in [0.3, 0.4) is 0 Å². The van der Waals surface area contributed by atoms with Crippen LogP contribution in [-0.4, -0.2) is 12.0 Å². The predicted molar refractivity (Wildman–Crippen MR) is 75.2 cm³/mol. The zero-order valence-corrected chi connectivity index (χ0v) is 11.4. The first-order valence-corrected chi connectivity index (χ1v) is 7.48. The van der Waals surface area contributed by atoms with Gasteiger partial charge in [0, 0.05) is 15.3 Å². The molecule has 1 aromatic carbocycles. The number of carbonyl (C=O) groups is 1. The summed E-state index contributed by atoms with van der Waals surface area (Å²) in [5.41, 5.74) is 0.591. The van der Waals surface area contributed by atoms with Crippen LogP contribution in [0, 0.1) is 11.3 Å². The van der Waals surface area contributed by atoms with Crippen LogP contribution in [0.5, 0.6) is 0 Å². The minimum absolute atomic E-state index is 0.132. The number of hydrogen-bond acceptors (Lipinski definition) is 4. The van der Waals surface area contributed by atoms with Crippen LogP contribution in [0.15, 0.2) is 46.7 Å². The van der Waals surface area contributed by atoms with Crippen LogP contribution in [0.25, 0.3) is 0 Å². The Bertz CT molecular complexity index is 567. The maximum Gasteiger partial charge on any atom is 0.185 e. The lowest BCUT2D eigenvalue weighted by Crippen LogP contribution is -2.09. The summed E-state index contributed by atoms with van der Waals surface area (Å²) in [5.74, 6) is -0.822. The molecular weight excluding hydrogens is 262 g/mol. The summed E-state index contributed by atoms with van der Waals surface area (Å²) in [6.07, 6.45) is 1.99. The summed E-state index contributed by atoms with van der Waals surface area (Å²) in [7, 11) is 0. The van der Waals surface area contributed by atoms with E-state index in [4.69, 9.17) is 5.26 Å². The summed E-state index contributed by atoms with van der Waals surface area (Å²) in [5, 5.41) is 11.0. The molecule has 1 heterocycles. The molecule has 0 aliphatic heterocycles. The molecule has 0 aliphatic rings. The van der Waals surface area contributed by atoms with Crippen molar-refractivity contribution >= 4 is 28.9 Å². The smallest absolute Gasteiger partial charge is 0.185 e. The Morgan fingerprint density at radius 2 is 2.06 bits per heavy atom. The minimum atomic E-state index is -0.690. The van der Waals surface area contributed by atoms with E-state index in [1.54, 1.807) is 23.9 Å². The number of nitriles is 1. The van der Waals surface area contributed by atoms with Crippen LogP contribution in [-0.2, 0) is 0 Å². The van der Waals surface area contributed by atoms with Gasteiger partial charge in [0.05, 0.1) is 6.07 Å². The van der Waals surface area contributed by atoms with E-state index in [1.807, 2.05) is 35.9 Å². The van der Waals surface area contributed by atoms with Gasteiger partial charge in [-0.1, -0.05) is 18.2 Å². The molecule has 1 aromatic heterocycles. The quantitative estimate of drug-likeness (QED) is 0.625. The summed E-state index contributed by atoms with van der Waals surface area (Å²) in [6.45, 7) is 0. The molecule has 0 saturated heterocycles. The van der Waals surface area contributed by atoms with Crippen LogP contribution in [0.2, 0.25) is 0 Å². The fourth-order valence-electron chi connectivity index (χ4n) is 1.63. The highest BCUT2D eigenvalue weighted by molar-refractivity contribution is 7.98. The molecular formula is C14H11NOS2. The second-order valence-corrected chi connectivity index (χ2v) is 5.53. The monoisotopic (exact) mass is 273 g/mol. The molecule has 4 heteroatoms. The third-order valence-electron chi connectivity index (χ3n) is 2.59. The molecule has 2 rings (SSSR count). The van der Waals surface area contributed by atoms with Crippen molar-refractivity contribution in [2.45, 2.75) is 10.8 Å². The Kier molecular flexibility index (Phi) is 4.19. The maximum absolute atomic E-state index is 12.3. The Morgan fingerprint density at radius 3 is 2.56 bits per heavy atom. The number of rotatable bonds is 4. The van der Waals surface area contributed by atoms with Crippen molar-refractivity contribution in [1.29, 1.82) is 5.26 Å². The molecule has 0 radical (unpaired) electrons. The van der Waals surface area contributed by atoms with Gasteiger partial charge in [-0.15, -0.1) is 23.1 Å². The predicted octanol–water partition coefficient (Wildman–Crippen LogP) is 3.96. The van der Waals surface area contributed by atoms with E-state index in [0.717, 1.165) is 9.77 Å². The molecule has 2 aromatic rings. The van der Waals surface area contributed by atoms with Gasteiger partial charge in [0.2, 0.25) is 0 Å². The minimum Gasteiger partial charge on any atom is -0.292 e. The normalized spacial score (nSPS) is 11.8. The van der Waals surface area contributed by atoms with E-state index >= 15 is 0 Å². The van der Waals surface area contributed by atoms with E-state index in [9.17, 15) is 4.79 Å². The van der Waals surface area contributed by atoms with Crippen LogP contribution < -0.4 is 0 Å². The number of carbonyl (C=O) groups excluding carboxylic acids is 1. The van der Waals surface area contributed by atoms with E-state index in [0.29, 0.717) is 5.56 Å². The van der Waals surface area contributed by atoms with Crippen LogP contribution >= 0.6 is 23.1 Å². The molecule has 0 spiro atoms. The van der Waals surface area contributed by atoms with Crippen molar-refractivity contribution < 1.29 is 4.79 Å². The molecule has 0 aliphatic carbocycles. The number of nitrogens with zero attached hydrogens (tertiary/aromatic N) is 1. The Morgan fingerprint density at radius 1 is 1.33 bits per heavy atom. The van der Waals surface area contributed by atoms with Crippen molar-refractivity contribution in [3.05, 3.63) is 52.2 Å². The highest BCUT2D eigenvalue weighted by Gasteiger charge is 2.22. The molecule has 0 fully saturated rings. The second-order valence-electron chi connectivity index (χ2n) is 3.67. The van der Waals surface area contributed by atoms with Crippen LogP contribution in [0.4, 0.5) is 0 Å². The zero-order valence-electron chi connectivity index (χ0n) is 9.79. The number of benzene rings is 1. The number of hydrogen-bond donors (Lipinski definition) is 0. The molecule has 1 unspecified atom stereocenters. The topological polar surface area (TPSA) is 40.9 Å². The zero-order chi connectivity index (χ0) is 13.0. The van der Waals surface area contributed by atoms with Gasteiger partial charge in [-0.05, 0) is 29.8 Å². The van der Waals surface area contributed by atoms with Crippen molar-refractivity contribution in [2.24, 2.45) is 0 Å². The van der Waals surface area contributed by atoms with Gasteiger partial charge in [-0.2, -0.15) is 5.26 Å². The van der Waals surface area contributed by atoms with Crippen molar-refractivity contribution in [1.82, 2.24) is 0 Å². The molecule has 0 bridgehead atoms. The van der Waals surface area contributed by atoms with Gasteiger partial charge < -0.3 is 0 Å². The molecule has 0 amide bonds. The number of Topliss-reactive ketones (excluding diaryl/α,β-unsaturated/α-hetero) is 1. The van der Waals surface area contributed by atoms with Crippen molar-refractivity contribution in [2.75, 3.05) is 6.26 Å². The molecule has 18 heavy (non-hydrogen) atoms. The van der Waals surface area contributed by atoms with Gasteiger partial charge >= 0.3 is 0 Å². The first kappa shape index (κ1) is 12.9. The number of thioether (sulfide) groups is 1. The third-order valence-corrected chi connectivity index (χ3v) is 4.27. The van der Waals surface area contributed by atoms with E-state index in [1.165, 1.54) is 11.3 Å². The SMILES string of the molecule is CSc1ccc(C(=O)C(C#N)c2cccs2)cc1. The van der Waals surface area contributed by atoms with E-state index in [2.05, 4.69) is 6.07 Å². The fraction of sp³-hybridized carbons (Fsp3) is 0.143. The third kappa shape index (κ3) is 2.63. The van der Waals surface area contributed by atoms with E-state index in [-0.39, 0.29) is 5.78 Å². The standard InChI is InChI=1S/C14H11NOS2/c1-17-11-6-4-10(5-7-11)14(16)12(9-15)13-3-2-8-18-13/h2-8,12H,1H3. The number of thiophene rings is 1. The first-order valence-electron chi connectivity index (χ1n) is 5.37. The lowest BCUT2D eigenvalue weighted by atomic mass is 9.97. The summed E-state index contributed by atoms with van der Waals surface area (Å²) in [4.78, 5) is 14.2. The average Bonchev–Trinajstić information content (AvgIpc) is 2.93. The Balaban J connectivity index is 2.27. The molecule has 90 valence electrons. The molecule has 0 N–H and O–H groups in total. The number of ketones is 1. The average molecular weight is 273 g/mol. The summed E-state index contributed by atoms with van der Waals surface area (Å²) in [6, 6.07) is 13.1. The van der Waals surface area contributed by atoms with Crippen molar-refractivity contribution in [3.63, 3.8) is 0 Å². The van der Waals surface area contributed by atoms with Gasteiger partial charge in [0.25, 0.3) is 0 Å². The van der Waals surface area contributed by atoms with Gasteiger partial charge in [-0.3, -0.25) is 4.79 Å². The highest BCUT2D eigenvalue weighted by Crippen LogP contribution is 2.25. The summed E-state index contributed by atoms with van der Waals surface area (Å²) < 4.78 is 0. The van der Waals surface area contributed by atoms with Crippen molar-refractivity contribution in [3.8, 4) is 6.07 Å².